The molecule has 2 aromatic rings. The van der Waals surface area contributed by atoms with Crippen LogP contribution in [0.2, 0.25) is 0 Å². The number of carbonyl (C=O) groups excluding carboxylic acids is 1. The first kappa shape index (κ1) is 14.8. The van der Waals surface area contributed by atoms with Crippen LogP contribution in [-0.2, 0) is 19.6 Å². The van der Waals surface area contributed by atoms with E-state index in [0.717, 1.165) is 22.4 Å². The Balaban J connectivity index is 1.78. The SMILES string of the molecule is CCN(Cc1ccc(Br)s1)C(=O)c1ccc2c(c1)CNC2. The summed E-state index contributed by atoms with van der Waals surface area (Å²) in [5.41, 5.74) is 3.34. The minimum atomic E-state index is 0.108. The smallest absolute Gasteiger partial charge is 0.254 e. The van der Waals surface area contributed by atoms with Crippen molar-refractivity contribution in [1.29, 1.82) is 0 Å². The van der Waals surface area contributed by atoms with Crippen LogP contribution < -0.4 is 5.32 Å². The Morgan fingerprint density at radius 3 is 2.81 bits per heavy atom. The van der Waals surface area contributed by atoms with E-state index < -0.39 is 0 Å². The normalized spacial score (nSPS) is 13.2. The molecule has 0 saturated carbocycles. The Morgan fingerprint density at radius 1 is 1.29 bits per heavy atom. The number of carbonyl (C=O) groups is 1. The summed E-state index contributed by atoms with van der Waals surface area (Å²) in [6.07, 6.45) is 0. The molecule has 5 heteroatoms. The zero-order chi connectivity index (χ0) is 14.8. The van der Waals surface area contributed by atoms with Gasteiger partial charge in [0.25, 0.3) is 5.91 Å². The quantitative estimate of drug-likeness (QED) is 0.895. The first-order valence-electron chi connectivity index (χ1n) is 7.03. The van der Waals surface area contributed by atoms with Crippen molar-refractivity contribution in [3.8, 4) is 0 Å². The molecule has 2 heterocycles. The van der Waals surface area contributed by atoms with Gasteiger partial charge in [0.05, 0.1) is 10.3 Å². The second-order valence-corrected chi connectivity index (χ2v) is 7.66. The molecular weight excluding hydrogens is 348 g/mol. The van der Waals surface area contributed by atoms with Gasteiger partial charge in [-0.05, 0) is 58.2 Å². The van der Waals surface area contributed by atoms with Crippen LogP contribution in [0.25, 0.3) is 0 Å². The Kier molecular flexibility index (Phi) is 4.42. The first-order valence-corrected chi connectivity index (χ1v) is 8.64. The van der Waals surface area contributed by atoms with Crippen LogP contribution in [0.3, 0.4) is 0 Å². The summed E-state index contributed by atoms with van der Waals surface area (Å²) in [7, 11) is 0. The molecule has 0 fully saturated rings. The average Bonchev–Trinajstić information content (AvgIpc) is 3.11. The van der Waals surface area contributed by atoms with Crippen molar-refractivity contribution in [3.05, 3.63) is 55.7 Å². The fourth-order valence-corrected chi connectivity index (χ4v) is 4.06. The highest BCUT2D eigenvalue weighted by atomic mass is 79.9. The largest absolute Gasteiger partial charge is 0.334 e. The molecule has 21 heavy (non-hydrogen) atoms. The maximum absolute atomic E-state index is 12.7. The maximum atomic E-state index is 12.7. The van der Waals surface area contributed by atoms with Crippen molar-refractivity contribution in [1.82, 2.24) is 10.2 Å². The predicted molar refractivity (Wildman–Crippen MR) is 89.4 cm³/mol. The Hall–Kier alpha value is -1.17. The highest BCUT2D eigenvalue weighted by Crippen LogP contribution is 2.24. The lowest BCUT2D eigenvalue weighted by Crippen LogP contribution is -2.30. The Bertz CT molecular complexity index is 668. The molecule has 0 bridgehead atoms. The van der Waals surface area contributed by atoms with Gasteiger partial charge in [-0.15, -0.1) is 11.3 Å². The molecule has 1 amide bonds. The predicted octanol–water partition coefficient (Wildman–Crippen LogP) is 3.78. The van der Waals surface area contributed by atoms with Crippen LogP contribution in [0.5, 0.6) is 0 Å². The lowest BCUT2D eigenvalue weighted by Gasteiger charge is -2.20. The van der Waals surface area contributed by atoms with E-state index in [1.54, 1.807) is 11.3 Å². The molecule has 0 atom stereocenters. The van der Waals surface area contributed by atoms with E-state index in [2.05, 4.69) is 33.4 Å². The van der Waals surface area contributed by atoms with E-state index in [-0.39, 0.29) is 5.91 Å². The van der Waals surface area contributed by atoms with Crippen LogP contribution in [0.15, 0.2) is 34.1 Å². The summed E-state index contributed by atoms with van der Waals surface area (Å²) in [6.45, 7) is 5.17. The number of nitrogens with zero attached hydrogens (tertiary/aromatic N) is 1. The summed E-state index contributed by atoms with van der Waals surface area (Å²) in [5, 5.41) is 3.31. The zero-order valence-corrected chi connectivity index (χ0v) is 14.3. The molecule has 1 N–H and O–H groups in total. The van der Waals surface area contributed by atoms with Gasteiger partial charge in [-0.1, -0.05) is 6.07 Å². The van der Waals surface area contributed by atoms with Gasteiger partial charge in [-0.2, -0.15) is 0 Å². The average molecular weight is 365 g/mol. The number of nitrogens with one attached hydrogen (secondary N) is 1. The Morgan fingerprint density at radius 2 is 2.10 bits per heavy atom. The van der Waals surface area contributed by atoms with Crippen molar-refractivity contribution < 1.29 is 4.79 Å². The summed E-state index contributed by atoms with van der Waals surface area (Å²) >= 11 is 5.14. The van der Waals surface area contributed by atoms with E-state index in [9.17, 15) is 4.79 Å². The van der Waals surface area contributed by atoms with Crippen LogP contribution in [-0.4, -0.2) is 17.4 Å². The van der Waals surface area contributed by atoms with E-state index >= 15 is 0 Å². The van der Waals surface area contributed by atoms with Crippen LogP contribution >= 0.6 is 27.3 Å². The number of hydrogen-bond acceptors (Lipinski definition) is 3. The molecule has 1 aliphatic heterocycles. The number of rotatable bonds is 4. The fraction of sp³-hybridized carbons (Fsp3) is 0.312. The van der Waals surface area contributed by atoms with Crippen molar-refractivity contribution in [2.24, 2.45) is 0 Å². The monoisotopic (exact) mass is 364 g/mol. The van der Waals surface area contributed by atoms with Crippen molar-refractivity contribution >= 4 is 33.2 Å². The van der Waals surface area contributed by atoms with Gasteiger partial charge < -0.3 is 10.2 Å². The van der Waals surface area contributed by atoms with E-state index in [4.69, 9.17) is 0 Å². The summed E-state index contributed by atoms with van der Waals surface area (Å²) in [5.74, 6) is 0.108. The van der Waals surface area contributed by atoms with E-state index in [0.29, 0.717) is 13.1 Å². The molecule has 0 spiro atoms. The van der Waals surface area contributed by atoms with E-state index in [1.807, 2.05) is 30.0 Å². The molecule has 1 aliphatic rings. The highest BCUT2D eigenvalue weighted by Gasteiger charge is 2.18. The molecule has 3 rings (SSSR count). The molecule has 0 saturated heterocycles. The lowest BCUT2D eigenvalue weighted by atomic mass is 10.1. The molecule has 0 aliphatic carbocycles. The minimum absolute atomic E-state index is 0.108. The molecule has 1 aromatic heterocycles. The van der Waals surface area contributed by atoms with Gasteiger partial charge >= 0.3 is 0 Å². The Labute approximate surface area is 137 Å². The molecule has 0 unspecified atom stereocenters. The second kappa shape index (κ2) is 6.30. The number of benzene rings is 1. The third-order valence-electron chi connectivity index (χ3n) is 3.73. The molecule has 0 radical (unpaired) electrons. The molecule has 3 nitrogen and oxygen atoms in total. The number of thiophene rings is 1. The maximum Gasteiger partial charge on any atom is 0.254 e. The van der Waals surface area contributed by atoms with Crippen LogP contribution in [0.1, 0.15) is 33.3 Å². The zero-order valence-electron chi connectivity index (χ0n) is 11.9. The number of fused-ring (bicyclic) bond motifs is 1. The third-order valence-corrected chi connectivity index (χ3v) is 5.34. The minimum Gasteiger partial charge on any atom is -0.334 e. The van der Waals surface area contributed by atoms with Gasteiger partial charge in [0.2, 0.25) is 0 Å². The van der Waals surface area contributed by atoms with Crippen molar-refractivity contribution in [2.75, 3.05) is 6.54 Å². The van der Waals surface area contributed by atoms with Crippen LogP contribution in [0, 0.1) is 0 Å². The second-order valence-electron chi connectivity index (χ2n) is 5.11. The summed E-state index contributed by atoms with van der Waals surface area (Å²) < 4.78 is 1.10. The molecule has 1 aromatic carbocycles. The van der Waals surface area contributed by atoms with Gasteiger partial charge in [0.15, 0.2) is 0 Å². The van der Waals surface area contributed by atoms with Crippen LogP contribution in [0.4, 0.5) is 0 Å². The van der Waals surface area contributed by atoms with Crippen molar-refractivity contribution in [2.45, 2.75) is 26.6 Å². The van der Waals surface area contributed by atoms with Crippen molar-refractivity contribution in [3.63, 3.8) is 0 Å². The van der Waals surface area contributed by atoms with Gasteiger partial charge in [0.1, 0.15) is 0 Å². The lowest BCUT2D eigenvalue weighted by molar-refractivity contribution is 0.0754. The standard InChI is InChI=1S/C16H17BrN2OS/c1-2-19(10-14-5-6-15(17)21-14)16(20)11-3-4-12-8-18-9-13(12)7-11/h3-7,18H,2,8-10H2,1H3. The first-order chi connectivity index (χ1) is 10.2. The number of hydrogen-bond donors (Lipinski definition) is 1. The highest BCUT2D eigenvalue weighted by molar-refractivity contribution is 9.11. The summed E-state index contributed by atoms with van der Waals surface area (Å²) in [6, 6.07) is 10.1. The van der Waals surface area contributed by atoms with E-state index in [1.165, 1.54) is 16.0 Å². The molecule has 110 valence electrons. The molecular formula is C16H17BrN2OS. The third kappa shape index (κ3) is 3.20. The van der Waals surface area contributed by atoms with Gasteiger partial charge in [-0.25, -0.2) is 0 Å². The van der Waals surface area contributed by atoms with Gasteiger partial charge in [-0.3, -0.25) is 4.79 Å². The van der Waals surface area contributed by atoms with Gasteiger partial charge in [0, 0.05) is 30.1 Å². The number of amides is 1. The fourth-order valence-electron chi connectivity index (χ4n) is 2.56. The topological polar surface area (TPSA) is 32.3 Å². The summed E-state index contributed by atoms with van der Waals surface area (Å²) in [4.78, 5) is 15.8. The number of halogens is 1.